The van der Waals surface area contributed by atoms with Crippen LogP contribution in [0.5, 0.6) is 5.75 Å². The first-order valence-corrected chi connectivity index (χ1v) is 11.5. The van der Waals surface area contributed by atoms with Gasteiger partial charge in [0.25, 0.3) is 5.91 Å². The fourth-order valence-corrected chi connectivity index (χ4v) is 4.42. The summed E-state index contributed by atoms with van der Waals surface area (Å²) in [5.41, 5.74) is -0.0500. The number of anilines is 1. The van der Waals surface area contributed by atoms with Crippen LogP contribution in [0.4, 0.5) is 5.13 Å². The van der Waals surface area contributed by atoms with Crippen molar-refractivity contribution >= 4 is 51.2 Å². The first kappa shape index (κ1) is 22.3. The Morgan fingerprint density at radius 3 is 2.79 bits per heavy atom. The predicted octanol–water partition coefficient (Wildman–Crippen LogP) is 4.36. The van der Waals surface area contributed by atoms with E-state index in [1.54, 1.807) is 24.3 Å². The lowest BCUT2D eigenvalue weighted by Gasteiger charge is -2.03. The van der Waals surface area contributed by atoms with Crippen molar-refractivity contribution in [3.8, 4) is 11.8 Å². The van der Waals surface area contributed by atoms with E-state index in [4.69, 9.17) is 9.15 Å². The Hall–Kier alpha value is -3.94. The van der Waals surface area contributed by atoms with E-state index in [0.717, 1.165) is 5.75 Å². The molecule has 0 spiro atoms. The number of hydrogen-bond acceptors (Lipinski definition) is 9. The molecule has 8 nitrogen and oxygen atoms in total. The highest BCUT2D eigenvalue weighted by molar-refractivity contribution is 8.01. The lowest BCUT2D eigenvalue weighted by Crippen LogP contribution is -2.14. The van der Waals surface area contributed by atoms with Crippen LogP contribution in [0.15, 0.2) is 80.0 Å². The molecule has 4 rings (SSSR count). The Morgan fingerprint density at radius 2 is 1.97 bits per heavy atom. The van der Waals surface area contributed by atoms with Crippen LogP contribution in [0.2, 0.25) is 0 Å². The van der Waals surface area contributed by atoms with Gasteiger partial charge >= 0.3 is 0 Å². The molecule has 2 heterocycles. The number of aromatic nitrogens is 2. The van der Waals surface area contributed by atoms with Gasteiger partial charge in [-0.2, -0.15) is 5.26 Å². The molecule has 0 saturated carbocycles. The van der Waals surface area contributed by atoms with Crippen molar-refractivity contribution in [2.24, 2.45) is 0 Å². The van der Waals surface area contributed by atoms with Crippen molar-refractivity contribution in [2.75, 3.05) is 17.7 Å². The molecule has 0 bridgehead atoms. The monoisotopic (exact) mass is 476 g/mol. The summed E-state index contributed by atoms with van der Waals surface area (Å²) in [6, 6.07) is 18.0. The Kier molecular flexibility index (Phi) is 7.14. The summed E-state index contributed by atoms with van der Waals surface area (Å²) in [4.78, 5) is 25.1. The van der Waals surface area contributed by atoms with Crippen LogP contribution in [-0.2, 0) is 4.79 Å². The van der Waals surface area contributed by atoms with Gasteiger partial charge in [0.2, 0.25) is 5.13 Å². The minimum atomic E-state index is -0.690. The van der Waals surface area contributed by atoms with E-state index in [1.807, 2.05) is 36.4 Å². The van der Waals surface area contributed by atoms with Crippen molar-refractivity contribution in [1.29, 1.82) is 5.26 Å². The molecular formula is C23H16N4O4S2. The zero-order valence-electron chi connectivity index (χ0n) is 17.1. The second-order valence-electron chi connectivity index (χ2n) is 6.52. The summed E-state index contributed by atoms with van der Waals surface area (Å²) in [7, 11) is 0. The highest BCUT2D eigenvalue weighted by Crippen LogP contribution is 2.26. The van der Waals surface area contributed by atoms with Gasteiger partial charge < -0.3 is 9.15 Å². The molecule has 33 heavy (non-hydrogen) atoms. The van der Waals surface area contributed by atoms with E-state index in [2.05, 4.69) is 15.5 Å². The predicted molar refractivity (Wildman–Crippen MR) is 127 cm³/mol. The van der Waals surface area contributed by atoms with Crippen LogP contribution < -0.4 is 15.5 Å². The van der Waals surface area contributed by atoms with Gasteiger partial charge in [-0.1, -0.05) is 53.4 Å². The van der Waals surface area contributed by atoms with Gasteiger partial charge in [0, 0.05) is 5.75 Å². The summed E-state index contributed by atoms with van der Waals surface area (Å²) in [5, 5.41) is 20.5. The molecular weight excluding hydrogens is 460 g/mol. The highest BCUT2D eigenvalue weighted by Gasteiger charge is 2.15. The average Bonchev–Trinajstić information content (AvgIpc) is 3.29. The first-order chi connectivity index (χ1) is 16.1. The van der Waals surface area contributed by atoms with Crippen LogP contribution in [-0.4, -0.2) is 28.5 Å². The fraction of sp³-hybridized carbons (Fsp3) is 0.0870. The number of carbonyl (C=O) groups is 1. The summed E-state index contributed by atoms with van der Waals surface area (Å²) >= 11 is 2.63. The number of nitrogens with one attached hydrogen (secondary N) is 1. The van der Waals surface area contributed by atoms with Crippen molar-refractivity contribution in [2.45, 2.75) is 4.34 Å². The molecule has 1 N–H and O–H groups in total. The number of rotatable bonds is 8. The summed E-state index contributed by atoms with van der Waals surface area (Å²) < 4.78 is 11.7. The van der Waals surface area contributed by atoms with E-state index in [0.29, 0.717) is 27.7 Å². The molecule has 0 aliphatic rings. The third-order valence-electron chi connectivity index (χ3n) is 4.32. The Bertz CT molecular complexity index is 1410. The number of hydrogen-bond donors (Lipinski definition) is 1. The lowest BCUT2D eigenvalue weighted by atomic mass is 10.1. The number of thioether (sulfide) groups is 1. The minimum absolute atomic E-state index is 0.104. The molecule has 10 heteroatoms. The quantitative estimate of drug-likeness (QED) is 0.131. The number of nitriles is 1. The molecule has 0 fully saturated rings. The van der Waals surface area contributed by atoms with Crippen LogP contribution in [0.3, 0.4) is 0 Å². The van der Waals surface area contributed by atoms with E-state index >= 15 is 0 Å². The molecule has 1 amide bonds. The van der Waals surface area contributed by atoms with Crippen molar-refractivity contribution < 1.29 is 13.9 Å². The molecule has 0 saturated heterocycles. The normalized spacial score (nSPS) is 11.2. The Morgan fingerprint density at radius 1 is 1.18 bits per heavy atom. The number of carbonyl (C=O) groups excluding carboxylic acids is 1. The third kappa shape index (κ3) is 5.65. The number of benzene rings is 2. The second-order valence-corrected chi connectivity index (χ2v) is 8.84. The van der Waals surface area contributed by atoms with Gasteiger partial charge in [0.1, 0.15) is 29.2 Å². The maximum absolute atomic E-state index is 12.6. The van der Waals surface area contributed by atoms with Gasteiger partial charge in [0.15, 0.2) is 9.77 Å². The number of fused-ring (bicyclic) bond motifs is 1. The summed E-state index contributed by atoms with van der Waals surface area (Å²) in [5.74, 6) is 0.753. The average molecular weight is 477 g/mol. The van der Waals surface area contributed by atoms with Gasteiger partial charge in [-0.3, -0.25) is 14.9 Å². The number of ether oxygens (including phenoxy) is 1. The van der Waals surface area contributed by atoms with Crippen LogP contribution in [0.1, 0.15) is 5.56 Å². The standard InChI is InChI=1S/C23H16N4O4S2/c24-13-15(12-16-14-31-19-9-5-4-8-18(19)20(16)28)21(29)25-22-26-27-23(33-22)32-11-10-30-17-6-2-1-3-7-17/h1-9,12,14H,10-11H2,(H,25,26,29)/b15-12-. The minimum Gasteiger partial charge on any atom is -0.493 e. The lowest BCUT2D eigenvalue weighted by molar-refractivity contribution is -0.112. The zero-order chi connectivity index (χ0) is 23.0. The van der Waals surface area contributed by atoms with Gasteiger partial charge in [-0.25, -0.2) is 0 Å². The highest BCUT2D eigenvalue weighted by atomic mass is 32.2. The van der Waals surface area contributed by atoms with E-state index in [1.165, 1.54) is 35.4 Å². The van der Waals surface area contributed by atoms with Crippen LogP contribution >= 0.6 is 23.1 Å². The van der Waals surface area contributed by atoms with Crippen LogP contribution in [0.25, 0.3) is 17.0 Å². The van der Waals surface area contributed by atoms with E-state index in [-0.39, 0.29) is 21.7 Å². The first-order valence-electron chi connectivity index (χ1n) is 9.72. The molecule has 4 aromatic rings. The summed E-state index contributed by atoms with van der Waals surface area (Å²) in [6.45, 7) is 0.492. The van der Waals surface area contributed by atoms with Crippen molar-refractivity contribution in [1.82, 2.24) is 10.2 Å². The second kappa shape index (κ2) is 10.6. The summed E-state index contributed by atoms with van der Waals surface area (Å²) in [6.07, 6.45) is 2.43. The Labute approximate surface area is 196 Å². The maximum atomic E-state index is 12.6. The number of nitrogens with zero attached hydrogens (tertiary/aromatic N) is 3. The van der Waals surface area contributed by atoms with Gasteiger partial charge in [0.05, 0.1) is 17.6 Å². The molecule has 2 aromatic heterocycles. The SMILES string of the molecule is N#C/C(=C/c1coc2ccccc2c1=O)C(=O)Nc1nnc(SCCOc2ccccc2)s1. The largest absolute Gasteiger partial charge is 0.493 e. The fourth-order valence-electron chi connectivity index (χ4n) is 2.78. The molecule has 2 aromatic carbocycles. The van der Waals surface area contributed by atoms with Crippen LogP contribution in [0, 0.1) is 11.3 Å². The number of para-hydroxylation sites is 2. The molecule has 0 aliphatic carbocycles. The molecule has 0 radical (unpaired) electrons. The Balaban J connectivity index is 1.37. The molecule has 0 aliphatic heterocycles. The van der Waals surface area contributed by atoms with E-state index < -0.39 is 5.91 Å². The number of amides is 1. The topological polar surface area (TPSA) is 118 Å². The molecule has 0 atom stereocenters. The maximum Gasteiger partial charge on any atom is 0.268 e. The molecule has 0 unspecified atom stereocenters. The zero-order valence-corrected chi connectivity index (χ0v) is 18.7. The van der Waals surface area contributed by atoms with E-state index in [9.17, 15) is 14.9 Å². The van der Waals surface area contributed by atoms with Gasteiger partial charge in [-0.05, 0) is 30.3 Å². The smallest absolute Gasteiger partial charge is 0.268 e. The van der Waals surface area contributed by atoms with Crippen molar-refractivity contribution in [3.63, 3.8) is 0 Å². The van der Waals surface area contributed by atoms with Gasteiger partial charge in [-0.15, -0.1) is 10.2 Å². The van der Waals surface area contributed by atoms with Crippen molar-refractivity contribution in [3.05, 3.63) is 82.2 Å². The third-order valence-corrected chi connectivity index (χ3v) is 6.26. The molecule has 164 valence electrons.